The van der Waals surface area contributed by atoms with Gasteiger partial charge in [0, 0.05) is 23.0 Å². The molecular formula is C12H15BrN2O3S. The quantitative estimate of drug-likeness (QED) is 0.610. The third kappa shape index (κ3) is 6.60. The number of imide groups is 1. The Morgan fingerprint density at radius 3 is 2.79 bits per heavy atom. The van der Waals surface area contributed by atoms with E-state index in [1.54, 1.807) is 7.11 Å². The molecule has 0 bridgehead atoms. The highest BCUT2D eigenvalue weighted by molar-refractivity contribution is 9.10. The van der Waals surface area contributed by atoms with E-state index in [9.17, 15) is 9.59 Å². The standard InChI is InChI=1S/C12H15BrN2O3S/c1-18-7-6-14-12(17)15-11(16)8-19-10-5-3-2-4-9(10)13/h2-5H,6-8H2,1H3,(H2,14,15,16,17). The summed E-state index contributed by atoms with van der Waals surface area (Å²) in [6, 6.07) is 7.09. The van der Waals surface area contributed by atoms with Crippen LogP contribution in [-0.4, -0.2) is 38.0 Å². The predicted octanol–water partition coefficient (Wildman–Crippen LogP) is 2.01. The van der Waals surface area contributed by atoms with Gasteiger partial charge in [-0.3, -0.25) is 10.1 Å². The van der Waals surface area contributed by atoms with Crippen LogP contribution >= 0.6 is 27.7 Å². The highest BCUT2D eigenvalue weighted by Crippen LogP contribution is 2.26. The molecule has 0 radical (unpaired) electrons. The maximum Gasteiger partial charge on any atom is 0.321 e. The molecule has 0 unspecified atom stereocenters. The minimum absolute atomic E-state index is 0.181. The van der Waals surface area contributed by atoms with Gasteiger partial charge in [0.15, 0.2) is 0 Å². The molecule has 0 spiro atoms. The van der Waals surface area contributed by atoms with E-state index in [4.69, 9.17) is 4.74 Å². The number of carbonyl (C=O) groups excluding carboxylic acids is 2. The molecule has 2 N–H and O–H groups in total. The Morgan fingerprint density at radius 1 is 1.37 bits per heavy atom. The molecule has 3 amide bonds. The number of rotatable bonds is 6. The number of urea groups is 1. The van der Waals surface area contributed by atoms with Gasteiger partial charge in [0.05, 0.1) is 12.4 Å². The molecule has 0 aliphatic carbocycles. The van der Waals surface area contributed by atoms with Crippen LogP contribution in [0, 0.1) is 0 Å². The molecule has 104 valence electrons. The zero-order chi connectivity index (χ0) is 14.1. The van der Waals surface area contributed by atoms with Crippen LogP contribution in [-0.2, 0) is 9.53 Å². The van der Waals surface area contributed by atoms with Crippen LogP contribution < -0.4 is 10.6 Å². The van der Waals surface area contributed by atoms with Crippen molar-refractivity contribution in [3.63, 3.8) is 0 Å². The molecule has 0 saturated heterocycles. The summed E-state index contributed by atoms with van der Waals surface area (Å²) >= 11 is 4.76. The first kappa shape index (κ1) is 16.0. The van der Waals surface area contributed by atoms with E-state index in [0.29, 0.717) is 13.2 Å². The van der Waals surface area contributed by atoms with E-state index >= 15 is 0 Å². The first-order valence-electron chi connectivity index (χ1n) is 5.57. The summed E-state index contributed by atoms with van der Waals surface area (Å²) in [5.74, 6) is -0.156. The molecule has 19 heavy (non-hydrogen) atoms. The lowest BCUT2D eigenvalue weighted by molar-refractivity contribution is -0.117. The second-order valence-corrected chi connectivity index (χ2v) is 5.39. The van der Waals surface area contributed by atoms with Crippen LogP contribution in [0.4, 0.5) is 4.79 Å². The second kappa shape index (κ2) is 8.95. The molecule has 0 atom stereocenters. The predicted molar refractivity (Wildman–Crippen MR) is 78.3 cm³/mol. The average Bonchev–Trinajstić information content (AvgIpc) is 2.38. The minimum Gasteiger partial charge on any atom is -0.383 e. The topological polar surface area (TPSA) is 67.4 Å². The number of nitrogens with one attached hydrogen (secondary N) is 2. The summed E-state index contributed by atoms with van der Waals surface area (Å²) < 4.78 is 5.71. The summed E-state index contributed by atoms with van der Waals surface area (Å²) in [6.07, 6.45) is 0. The van der Waals surface area contributed by atoms with E-state index in [-0.39, 0.29) is 11.7 Å². The highest BCUT2D eigenvalue weighted by Gasteiger charge is 2.08. The first-order valence-corrected chi connectivity index (χ1v) is 7.35. The zero-order valence-electron chi connectivity index (χ0n) is 10.4. The van der Waals surface area contributed by atoms with E-state index in [2.05, 4.69) is 26.6 Å². The molecule has 0 fully saturated rings. The lowest BCUT2D eigenvalue weighted by atomic mass is 10.4. The molecular weight excluding hydrogens is 332 g/mol. The Hall–Kier alpha value is -1.05. The Morgan fingerprint density at radius 2 is 2.11 bits per heavy atom. The van der Waals surface area contributed by atoms with Crippen LogP contribution in [0.15, 0.2) is 33.6 Å². The number of carbonyl (C=O) groups is 2. The molecule has 1 aromatic rings. The lowest BCUT2D eigenvalue weighted by Gasteiger charge is -2.06. The number of hydrogen-bond donors (Lipinski definition) is 2. The summed E-state index contributed by atoms with van der Waals surface area (Å²) in [4.78, 5) is 23.8. The van der Waals surface area contributed by atoms with Gasteiger partial charge in [-0.1, -0.05) is 12.1 Å². The summed E-state index contributed by atoms with van der Waals surface area (Å²) in [5, 5.41) is 4.76. The van der Waals surface area contributed by atoms with Crippen molar-refractivity contribution >= 4 is 39.6 Å². The third-order valence-electron chi connectivity index (χ3n) is 2.04. The number of methoxy groups -OCH3 is 1. The number of amides is 3. The second-order valence-electron chi connectivity index (χ2n) is 3.52. The van der Waals surface area contributed by atoms with Crippen molar-refractivity contribution in [3.8, 4) is 0 Å². The van der Waals surface area contributed by atoms with Gasteiger partial charge >= 0.3 is 6.03 Å². The largest absolute Gasteiger partial charge is 0.383 e. The number of benzene rings is 1. The first-order chi connectivity index (χ1) is 9.13. The van der Waals surface area contributed by atoms with Gasteiger partial charge in [0.1, 0.15) is 0 Å². The molecule has 1 aromatic carbocycles. The van der Waals surface area contributed by atoms with E-state index in [0.717, 1.165) is 9.37 Å². The maximum atomic E-state index is 11.5. The van der Waals surface area contributed by atoms with Crippen LogP contribution in [0.5, 0.6) is 0 Å². The van der Waals surface area contributed by atoms with E-state index in [1.165, 1.54) is 11.8 Å². The van der Waals surface area contributed by atoms with Gasteiger partial charge in [-0.05, 0) is 28.1 Å². The highest BCUT2D eigenvalue weighted by atomic mass is 79.9. The molecule has 1 rings (SSSR count). The Labute approximate surface area is 124 Å². The normalized spacial score (nSPS) is 10.0. The summed E-state index contributed by atoms with van der Waals surface area (Å²) in [7, 11) is 1.54. The van der Waals surface area contributed by atoms with Crippen molar-refractivity contribution in [1.29, 1.82) is 0 Å². The molecule has 0 saturated carbocycles. The minimum atomic E-state index is -0.505. The van der Waals surface area contributed by atoms with Crippen LogP contribution in [0.3, 0.4) is 0 Å². The monoisotopic (exact) mass is 346 g/mol. The fraction of sp³-hybridized carbons (Fsp3) is 0.333. The van der Waals surface area contributed by atoms with Crippen molar-refractivity contribution in [2.75, 3.05) is 26.0 Å². The van der Waals surface area contributed by atoms with Gasteiger partial charge in [0.2, 0.25) is 5.91 Å². The van der Waals surface area contributed by atoms with Gasteiger partial charge in [-0.2, -0.15) is 0 Å². The molecule has 0 aromatic heterocycles. The van der Waals surface area contributed by atoms with Crippen molar-refractivity contribution in [1.82, 2.24) is 10.6 Å². The molecule has 0 aliphatic rings. The fourth-order valence-corrected chi connectivity index (χ4v) is 2.55. The van der Waals surface area contributed by atoms with Gasteiger partial charge < -0.3 is 10.1 Å². The summed E-state index contributed by atoms with van der Waals surface area (Å²) in [6.45, 7) is 0.778. The van der Waals surface area contributed by atoms with Crippen LogP contribution in [0.25, 0.3) is 0 Å². The van der Waals surface area contributed by atoms with Crippen molar-refractivity contribution in [2.24, 2.45) is 0 Å². The van der Waals surface area contributed by atoms with Gasteiger partial charge in [-0.15, -0.1) is 11.8 Å². The van der Waals surface area contributed by atoms with E-state index in [1.807, 2.05) is 24.3 Å². The zero-order valence-corrected chi connectivity index (χ0v) is 12.8. The fourth-order valence-electron chi connectivity index (χ4n) is 1.18. The Bertz CT molecular complexity index is 443. The molecule has 0 heterocycles. The Kier molecular flexibility index (Phi) is 7.54. The molecule has 0 aliphatic heterocycles. The lowest BCUT2D eigenvalue weighted by Crippen LogP contribution is -2.41. The maximum absolute atomic E-state index is 11.5. The SMILES string of the molecule is COCCNC(=O)NC(=O)CSc1ccccc1Br. The van der Waals surface area contributed by atoms with Crippen molar-refractivity contribution in [3.05, 3.63) is 28.7 Å². The van der Waals surface area contributed by atoms with Gasteiger partial charge in [-0.25, -0.2) is 4.79 Å². The number of thioether (sulfide) groups is 1. The number of ether oxygens (including phenoxy) is 1. The number of hydrogen-bond acceptors (Lipinski definition) is 4. The van der Waals surface area contributed by atoms with Gasteiger partial charge in [0.25, 0.3) is 0 Å². The van der Waals surface area contributed by atoms with Crippen molar-refractivity contribution in [2.45, 2.75) is 4.90 Å². The summed E-state index contributed by atoms with van der Waals surface area (Å²) in [5.41, 5.74) is 0. The molecule has 7 heteroatoms. The van der Waals surface area contributed by atoms with E-state index < -0.39 is 6.03 Å². The third-order valence-corrected chi connectivity index (χ3v) is 4.07. The van der Waals surface area contributed by atoms with Crippen LogP contribution in [0.2, 0.25) is 0 Å². The average molecular weight is 347 g/mol. The van der Waals surface area contributed by atoms with Crippen LogP contribution in [0.1, 0.15) is 0 Å². The smallest absolute Gasteiger partial charge is 0.321 e. The Balaban J connectivity index is 2.28. The van der Waals surface area contributed by atoms with Crippen molar-refractivity contribution < 1.29 is 14.3 Å². The molecule has 5 nitrogen and oxygen atoms in total. The number of halogens is 1.